The lowest BCUT2D eigenvalue weighted by molar-refractivity contribution is -0.130. The maximum atomic E-state index is 12.2. The highest BCUT2D eigenvalue weighted by Gasteiger charge is 2.33. The highest BCUT2D eigenvalue weighted by molar-refractivity contribution is 6.01. The van der Waals surface area contributed by atoms with E-state index in [1.54, 1.807) is 26.2 Å². The molecule has 1 amide bonds. The van der Waals surface area contributed by atoms with E-state index in [2.05, 4.69) is 28.4 Å². The summed E-state index contributed by atoms with van der Waals surface area (Å²) in [6, 6.07) is 18.8. The number of phenolic OH excluding ortho intramolecular Hbond substituents is 1. The molecule has 2 N–H and O–H groups in total. The van der Waals surface area contributed by atoms with E-state index in [0.717, 1.165) is 51.7 Å². The first kappa shape index (κ1) is 22.5. The van der Waals surface area contributed by atoms with Crippen LogP contribution in [0, 0.1) is 0 Å². The van der Waals surface area contributed by atoms with Crippen LogP contribution in [0.25, 0.3) is 32.8 Å². The topological polar surface area (TPSA) is 90.8 Å². The van der Waals surface area contributed by atoms with Gasteiger partial charge < -0.3 is 25.0 Å². The summed E-state index contributed by atoms with van der Waals surface area (Å²) in [5, 5.41) is 17.0. The summed E-state index contributed by atoms with van der Waals surface area (Å²) in [7, 11) is 3.39. The number of ether oxygens (including phenoxy) is 1. The van der Waals surface area contributed by atoms with Crippen LogP contribution in [0.1, 0.15) is 12.8 Å². The summed E-state index contributed by atoms with van der Waals surface area (Å²) in [6.45, 7) is 1.62. The predicted molar refractivity (Wildman–Crippen MR) is 140 cm³/mol. The number of nitrogens with zero attached hydrogens (tertiary/aromatic N) is 4. The third kappa shape index (κ3) is 4.18. The van der Waals surface area contributed by atoms with Crippen LogP contribution >= 0.6 is 0 Å². The van der Waals surface area contributed by atoms with Crippen molar-refractivity contribution in [2.75, 3.05) is 38.7 Å². The first-order valence-electron chi connectivity index (χ1n) is 12.3. The number of likely N-dealkylation sites (N-methyl/N-ethyl adjacent to an activating group) is 1. The number of phenols is 1. The Morgan fingerprint density at radius 3 is 2.61 bits per heavy atom. The zero-order valence-electron chi connectivity index (χ0n) is 20.4. The lowest BCUT2D eigenvalue weighted by Gasteiger charge is -2.34. The van der Waals surface area contributed by atoms with E-state index in [1.165, 1.54) is 17.7 Å². The number of hydrogen-bond donors (Lipinski definition) is 2. The number of fused-ring (bicyclic) bond motifs is 4. The van der Waals surface area contributed by atoms with E-state index < -0.39 is 0 Å². The summed E-state index contributed by atoms with van der Waals surface area (Å²) in [5.74, 6) is 0.896. The zero-order chi connectivity index (χ0) is 24.8. The van der Waals surface area contributed by atoms with Gasteiger partial charge in [-0.05, 0) is 59.0 Å². The van der Waals surface area contributed by atoms with Crippen molar-refractivity contribution in [2.45, 2.75) is 24.9 Å². The Morgan fingerprint density at radius 2 is 1.83 bits per heavy atom. The van der Waals surface area contributed by atoms with Gasteiger partial charge in [0.25, 0.3) is 5.91 Å². The van der Waals surface area contributed by atoms with Gasteiger partial charge in [0.15, 0.2) is 6.61 Å². The number of hydrogen-bond acceptors (Lipinski definition) is 7. The molecule has 2 atom stereocenters. The van der Waals surface area contributed by atoms with Gasteiger partial charge in [0.05, 0.1) is 5.52 Å². The molecule has 6 rings (SSSR count). The number of aromatic hydroxyl groups is 1. The van der Waals surface area contributed by atoms with Gasteiger partial charge in [0.1, 0.15) is 11.6 Å². The van der Waals surface area contributed by atoms with E-state index in [0.29, 0.717) is 12.1 Å². The summed E-state index contributed by atoms with van der Waals surface area (Å²) in [5.41, 5.74) is 2.61. The number of benzene rings is 3. The first-order chi connectivity index (χ1) is 17.4. The van der Waals surface area contributed by atoms with Crippen molar-refractivity contribution in [3.8, 4) is 22.9 Å². The molecule has 2 saturated heterocycles. The number of aromatic nitrogens is 2. The Labute approximate surface area is 209 Å². The van der Waals surface area contributed by atoms with Gasteiger partial charge in [-0.3, -0.25) is 4.79 Å². The second-order valence-corrected chi connectivity index (χ2v) is 9.90. The van der Waals surface area contributed by atoms with Gasteiger partial charge in [0, 0.05) is 44.7 Å². The van der Waals surface area contributed by atoms with Crippen LogP contribution in [0.4, 0.5) is 5.82 Å². The molecule has 2 bridgehead atoms. The number of rotatable bonds is 5. The van der Waals surface area contributed by atoms with Crippen LogP contribution in [0.15, 0.2) is 54.6 Å². The molecule has 0 unspecified atom stereocenters. The largest absolute Gasteiger partial charge is 0.508 e. The third-order valence-corrected chi connectivity index (χ3v) is 7.15. The molecule has 36 heavy (non-hydrogen) atoms. The molecule has 0 spiro atoms. The minimum absolute atomic E-state index is 0.123. The lowest BCUT2D eigenvalue weighted by Crippen LogP contribution is -2.51. The van der Waals surface area contributed by atoms with E-state index in [4.69, 9.17) is 14.7 Å². The Hall–Kier alpha value is -3.91. The van der Waals surface area contributed by atoms with Gasteiger partial charge >= 0.3 is 6.01 Å². The molecule has 3 aromatic carbocycles. The highest BCUT2D eigenvalue weighted by atomic mass is 16.5. The van der Waals surface area contributed by atoms with E-state index >= 15 is 0 Å². The summed E-state index contributed by atoms with van der Waals surface area (Å²) < 4.78 is 5.78. The van der Waals surface area contributed by atoms with Crippen molar-refractivity contribution in [1.82, 2.24) is 20.2 Å². The SMILES string of the molecule is CN(C)C(=O)COc1nc(N2C[C@H]3CC[C@@H](C2)N3)c2ccc(-c3cc(O)cc4ccccc34)cc2n1. The Morgan fingerprint density at radius 1 is 1.06 bits per heavy atom. The number of nitrogens with one attached hydrogen (secondary N) is 1. The average molecular weight is 484 g/mol. The molecule has 184 valence electrons. The fourth-order valence-electron chi connectivity index (χ4n) is 5.32. The van der Waals surface area contributed by atoms with E-state index in [9.17, 15) is 9.90 Å². The van der Waals surface area contributed by atoms with Gasteiger partial charge in [-0.2, -0.15) is 9.97 Å². The van der Waals surface area contributed by atoms with Crippen LogP contribution in [-0.4, -0.2) is 71.8 Å². The smallest absolute Gasteiger partial charge is 0.319 e. The summed E-state index contributed by atoms with van der Waals surface area (Å²) in [6.07, 6.45) is 2.33. The van der Waals surface area contributed by atoms with Crippen molar-refractivity contribution >= 4 is 33.4 Å². The van der Waals surface area contributed by atoms with Crippen molar-refractivity contribution in [3.63, 3.8) is 0 Å². The fourth-order valence-corrected chi connectivity index (χ4v) is 5.32. The normalized spacial score (nSPS) is 19.1. The molecule has 0 saturated carbocycles. The second-order valence-electron chi connectivity index (χ2n) is 9.90. The van der Waals surface area contributed by atoms with Crippen molar-refractivity contribution in [3.05, 3.63) is 54.6 Å². The van der Waals surface area contributed by atoms with Gasteiger partial charge in [-0.25, -0.2) is 0 Å². The van der Waals surface area contributed by atoms with Crippen LogP contribution in [0.5, 0.6) is 11.8 Å². The average Bonchev–Trinajstić information content (AvgIpc) is 3.22. The quantitative estimate of drug-likeness (QED) is 0.449. The number of carbonyl (C=O) groups is 1. The Bertz CT molecular complexity index is 1460. The molecular weight excluding hydrogens is 454 g/mol. The van der Waals surface area contributed by atoms with Crippen molar-refractivity contribution < 1.29 is 14.6 Å². The molecule has 0 aliphatic carbocycles. The van der Waals surface area contributed by atoms with Gasteiger partial charge in [-0.15, -0.1) is 0 Å². The van der Waals surface area contributed by atoms with Crippen LogP contribution in [-0.2, 0) is 4.79 Å². The maximum Gasteiger partial charge on any atom is 0.319 e. The second kappa shape index (κ2) is 8.95. The molecule has 8 nitrogen and oxygen atoms in total. The van der Waals surface area contributed by atoms with Crippen molar-refractivity contribution in [2.24, 2.45) is 0 Å². The third-order valence-electron chi connectivity index (χ3n) is 7.15. The number of piperazine rings is 1. The summed E-state index contributed by atoms with van der Waals surface area (Å²) >= 11 is 0. The molecule has 2 aliphatic heterocycles. The lowest BCUT2D eigenvalue weighted by atomic mass is 9.97. The maximum absolute atomic E-state index is 12.2. The van der Waals surface area contributed by atoms with Crippen LogP contribution in [0.3, 0.4) is 0 Å². The summed E-state index contributed by atoms with van der Waals surface area (Å²) in [4.78, 5) is 25.4. The molecule has 2 fully saturated rings. The first-order valence-corrected chi connectivity index (χ1v) is 12.3. The Kier molecular flexibility index (Phi) is 5.60. The molecular formula is C28H29N5O3. The number of carbonyl (C=O) groups excluding carboxylic acids is 1. The van der Waals surface area contributed by atoms with Crippen LogP contribution in [0.2, 0.25) is 0 Å². The molecule has 2 aliphatic rings. The standard InChI is InChI=1S/C28H29N5O3/c1-32(2)26(35)16-36-28-30-25-12-18(24-13-21(34)11-17-5-3-4-6-22(17)24)7-10-23(25)27(31-28)33-14-19-8-9-20(15-33)29-19/h3-7,10-13,19-20,29,34H,8-9,14-16H2,1-2H3/t19-,20+. The molecule has 0 radical (unpaired) electrons. The fraction of sp³-hybridized carbons (Fsp3) is 0.321. The molecule has 3 heterocycles. The van der Waals surface area contributed by atoms with Crippen molar-refractivity contribution in [1.29, 1.82) is 0 Å². The molecule has 8 heteroatoms. The minimum Gasteiger partial charge on any atom is -0.508 e. The number of anilines is 1. The van der Waals surface area contributed by atoms with E-state index in [-0.39, 0.29) is 24.3 Å². The number of amides is 1. The van der Waals surface area contributed by atoms with Crippen LogP contribution < -0.4 is 15.0 Å². The van der Waals surface area contributed by atoms with Gasteiger partial charge in [0.2, 0.25) is 0 Å². The zero-order valence-corrected chi connectivity index (χ0v) is 20.4. The molecule has 4 aromatic rings. The minimum atomic E-state index is -0.152. The monoisotopic (exact) mass is 483 g/mol. The van der Waals surface area contributed by atoms with Gasteiger partial charge in [-0.1, -0.05) is 30.3 Å². The molecule has 1 aromatic heterocycles. The Balaban J connectivity index is 1.46. The highest BCUT2D eigenvalue weighted by Crippen LogP contribution is 2.36. The predicted octanol–water partition coefficient (Wildman–Crippen LogP) is 3.56. The van der Waals surface area contributed by atoms with E-state index in [1.807, 2.05) is 24.3 Å².